The highest BCUT2D eigenvalue weighted by Gasteiger charge is 2.21. The molecular formula is C25H17N9O. The number of benzene rings is 4. The highest BCUT2D eigenvalue weighted by atomic mass is 16.5. The van der Waals surface area contributed by atoms with Crippen molar-refractivity contribution in [2.24, 2.45) is 0 Å². The average Bonchev–Trinajstić information content (AvgIpc) is 3.64. The third-order valence-corrected chi connectivity index (χ3v) is 6.00. The van der Waals surface area contributed by atoms with Gasteiger partial charge in [-0.15, -0.1) is 15.3 Å². The maximum absolute atomic E-state index is 5.96. The van der Waals surface area contributed by atoms with Gasteiger partial charge < -0.3 is 4.74 Å². The maximum Gasteiger partial charge on any atom is 0.170 e. The van der Waals surface area contributed by atoms with Crippen LogP contribution in [0.4, 0.5) is 0 Å². The normalized spacial score (nSPS) is 11.6. The molecule has 0 bridgehead atoms. The van der Waals surface area contributed by atoms with E-state index >= 15 is 0 Å². The van der Waals surface area contributed by atoms with Crippen molar-refractivity contribution in [2.45, 2.75) is 0 Å². The molecule has 0 radical (unpaired) electrons. The van der Waals surface area contributed by atoms with E-state index in [2.05, 4.69) is 30.9 Å². The summed E-state index contributed by atoms with van der Waals surface area (Å²) in [5.74, 6) is 0.574. The van der Waals surface area contributed by atoms with Crippen molar-refractivity contribution in [3.63, 3.8) is 0 Å². The van der Waals surface area contributed by atoms with E-state index in [0.717, 1.165) is 38.8 Å². The summed E-state index contributed by atoms with van der Waals surface area (Å²) in [7, 11) is 1.63. The molecular weight excluding hydrogens is 442 g/mol. The van der Waals surface area contributed by atoms with Gasteiger partial charge in [0.25, 0.3) is 0 Å². The topological polar surface area (TPSA) is 101 Å². The van der Waals surface area contributed by atoms with Crippen LogP contribution in [0.15, 0.2) is 84.9 Å². The number of nitrogens with zero attached hydrogens (tertiary/aromatic N) is 9. The van der Waals surface area contributed by atoms with Crippen molar-refractivity contribution in [1.82, 2.24) is 45.0 Å². The van der Waals surface area contributed by atoms with Gasteiger partial charge in [0.05, 0.1) is 29.3 Å². The smallest absolute Gasteiger partial charge is 0.170 e. The molecule has 0 saturated carbocycles. The molecule has 0 amide bonds. The van der Waals surface area contributed by atoms with E-state index in [9.17, 15) is 0 Å². The van der Waals surface area contributed by atoms with Gasteiger partial charge >= 0.3 is 0 Å². The highest BCUT2D eigenvalue weighted by molar-refractivity contribution is 5.82. The molecule has 3 aromatic heterocycles. The van der Waals surface area contributed by atoms with Crippen LogP contribution < -0.4 is 4.74 Å². The second-order valence-corrected chi connectivity index (χ2v) is 7.99. The van der Waals surface area contributed by atoms with Crippen LogP contribution in [0.3, 0.4) is 0 Å². The van der Waals surface area contributed by atoms with Crippen LogP contribution >= 0.6 is 0 Å². The highest BCUT2D eigenvalue weighted by Crippen LogP contribution is 2.36. The lowest BCUT2D eigenvalue weighted by atomic mass is 10.2. The Bertz CT molecular complexity index is 1770. The van der Waals surface area contributed by atoms with Crippen molar-refractivity contribution in [3.05, 3.63) is 84.9 Å². The Labute approximate surface area is 198 Å². The minimum absolute atomic E-state index is 0.574. The number of aromatic nitrogens is 9. The standard InChI is InChI=1S/C25H17N9O/c1-35-25-23(33-21-12-6-3-9-18(21)27-30-33)14-16(32-20-11-5-2-8-17(20)26-29-32)15-24(25)34-22-13-7-4-10-19(22)28-31-34/h2-15H,1H3. The fraction of sp³-hybridized carbons (Fsp3) is 0.0400. The van der Waals surface area contributed by atoms with E-state index in [4.69, 9.17) is 4.74 Å². The predicted molar refractivity (Wildman–Crippen MR) is 130 cm³/mol. The molecule has 7 aromatic rings. The second kappa shape index (κ2) is 7.45. The van der Waals surface area contributed by atoms with Crippen LogP contribution in [-0.4, -0.2) is 52.1 Å². The zero-order valence-corrected chi connectivity index (χ0v) is 18.5. The summed E-state index contributed by atoms with van der Waals surface area (Å²) in [4.78, 5) is 0. The molecule has 7 rings (SSSR count). The van der Waals surface area contributed by atoms with Crippen molar-refractivity contribution >= 4 is 33.1 Å². The quantitative estimate of drug-likeness (QED) is 0.393. The van der Waals surface area contributed by atoms with Crippen LogP contribution in [0.5, 0.6) is 5.75 Å². The third kappa shape index (κ3) is 2.90. The Morgan fingerprint density at radius 2 is 0.943 bits per heavy atom. The minimum atomic E-state index is 0.574. The molecule has 4 aromatic carbocycles. The zero-order valence-electron chi connectivity index (χ0n) is 18.5. The summed E-state index contributed by atoms with van der Waals surface area (Å²) in [6, 6.07) is 27.3. The Morgan fingerprint density at radius 1 is 0.543 bits per heavy atom. The van der Waals surface area contributed by atoms with E-state index in [1.54, 1.807) is 21.2 Å². The van der Waals surface area contributed by atoms with E-state index in [1.165, 1.54) is 0 Å². The van der Waals surface area contributed by atoms with Crippen LogP contribution in [0.25, 0.3) is 50.2 Å². The summed E-state index contributed by atoms with van der Waals surface area (Å²) in [6.07, 6.45) is 0. The van der Waals surface area contributed by atoms with E-state index in [0.29, 0.717) is 17.1 Å². The van der Waals surface area contributed by atoms with Crippen molar-refractivity contribution in [3.8, 4) is 22.8 Å². The number of rotatable bonds is 4. The minimum Gasteiger partial charge on any atom is -0.492 e. The van der Waals surface area contributed by atoms with Gasteiger partial charge in [-0.2, -0.15) is 0 Å². The second-order valence-electron chi connectivity index (χ2n) is 7.99. The van der Waals surface area contributed by atoms with Crippen LogP contribution in [0, 0.1) is 0 Å². The molecule has 0 aliphatic rings. The molecule has 10 heteroatoms. The molecule has 0 aliphatic heterocycles. The molecule has 0 N–H and O–H groups in total. The average molecular weight is 459 g/mol. The molecule has 35 heavy (non-hydrogen) atoms. The maximum atomic E-state index is 5.96. The molecule has 0 saturated heterocycles. The van der Waals surface area contributed by atoms with E-state index < -0.39 is 0 Å². The molecule has 0 fully saturated rings. The predicted octanol–water partition coefficient (Wildman–Crippen LogP) is 3.90. The summed E-state index contributed by atoms with van der Waals surface area (Å²) < 4.78 is 11.3. The number of hydrogen-bond acceptors (Lipinski definition) is 7. The Hall–Kier alpha value is -5.12. The lowest BCUT2D eigenvalue weighted by Gasteiger charge is -2.16. The Balaban J connectivity index is 1.58. The first-order valence-electron chi connectivity index (χ1n) is 11.0. The monoisotopic (exact) mass is 459 g/mol. The Kier molecular flexibility index (Phi) is 4.12. The van der Waals surface area contributed by atoms with E-state index in [1.807, 2.05) is 84.9 Å². The molecule has 0 aliphatic carbocycles. The molecule has 0 spiro atoms. The van der Waals surface area contributed by atoms with Gasteiger partial charge in [-0.05, 0) is 48.5 Å². The summed E-state index contributed by atoms with van der Waals surface area (Å²) in [5, 5.41) is 26.3. The fourth-order valence-electron chi connectivity index (χ4n) is 4.38. The van der Waals surface area contributed by atoms with E-state index in [-0.39, 0.29) is 0 Å². The van der Waals surface area contributed by atoms with Gasteiger partial charge in [-0.25, -0.2) is 14.0 Å². The number of ether oxygens (including phenoxy) is 1. The summed E-state index contributed by atoms with van der Waals surface area (Å²) in [5.41, 5.74) is 7.06. The number of hydrogen-bond donors (Lipinski definition) is 0. The van der Waals surface area contributed by atoms with Gasteiger partial charge in [0.1, 0.15) is 27.9 Å². The summed E-state index contributed by atoms with van der Waals surface area (Å²) in [6.45, 7) is 0. The van der Waals surface area contributed by atoms with Gasteiger partial charge in [0.2, 0.25) is 0 Å². The zero-order chi connectivity index (χ0) is 23.4. The van der Waals surface area contributed by atoms with Gasteiger partial charge in [0.15, 0.2) is 5.75 Å². The first kappa shape index (κ1) is 19.4. The van der Waals surface area contributed by atoms with Gasteiger partial charge in [0, 0.05) is 0 Å². The first-order chi connectivity index (χ1) is 17.3. The molecule has 0 atom stereocenters. The van der Waals surface area contributed by atoms with Crippen LogP contribution in [-0.2, 0) is 0 Å². The SMILES string of the molecule is COc1c(-n2nnc3ccccc32)cc(-n2nnc3ccccc32)cc1-n1nnc2ccccc21. The fourth-order valence-corrected chi connectivity index (χ4v) is 4.38. The van der Waals surface area contributed by atoms with Crippen molar-refractivity contribution < 1.29 is 4.74 Å². The van der Waals surface area contributed by atoms with Gasteiger partial charge in [-0.3, -0.25) is 0 Å². The molecule has 168 valence electrons. The number of methoxy groups -OCH3 is 1. The third-order valence-electron chi connectivity index (χ3n) is 6.00. The first-order valence-corrected chi connectivity index (χ1v) is 11.0. The molecule has 3 heterocycles. The molecule has 0 unspecified atom stereocenters. The van der Waals surface area contributed by atoms with Crippen molar-refractivity contribution in [2.75, 3.05) is 7.11 Å². The largest absolute Gasteiger partial charge is 0.492 e. The van der Waals surface area contributed by atoms with Crippen LogP contribution in [0.2, 0.25) is 0 Å². The molecule has 10 nitrogen and oxygen atoms in total. The lowest BCUT2D eigenvalue weighted by Crippen LogP contribution is -2.09. The summed E-state index contributed by atoms with van der Waals surface area (Å²) >= 11 is 0. The van der Waals surface area contributed by atoms with Crippen LogP contribution in [0.1, 0.15) is 0 Å². The Morgan fingerprint density at radius 3 is 1.40 bits per heavy atom. The lowest BCUT2D eigenvalue weighted by molar-refractivity contribution is 0.408. The van der Waals surface area contributed by atoms with Gasteiger partial charge in [-0.1, -0.05) is 52.0 Å². The number of para-hydroxylation sites is 3. The van der Waals surface area contributed by atoms with Crippen molar-refractivity contribution in [1.29, 1.82) is 0 Å². The number of fused-ring (bicyclic) bond motifs is 3.